The number of rotatable bonds is 8. The number of hydrogen-bond acceptors (Lipinski definition) is 4. The summed E-state index contributed by atoms with van der Waals surface area (Å²) in [4.78, 5) is 6.59. The lowest BCUT2D eigenvalue weighted by molar-refractivity contribution is 0.226. The Morgan fingerprint density at radius 2 is 2.10 bits per heavy atom. The van der Waals surface area contributed by atoms with Gasteiger partial charge in [0.15, 0.2) is 5.84 Å². The summed E-state index contributed by atoms with van der Waals surface area (Å²) in [7, 11) is 0. The van der Waals surface area contributed by atoms with Gasteiger partial charge in [-0.05, 0) is 24.1 Å². The Morgan fingerprint density at radius 3 is 2.65 bits per heavy atom. The molecule has 0 aliphatic heterocycles. The minimum absolute atomic E-state index is 0.0687. The van der Waals surface area contributed by atoms with Crippen LogP contribution in [0.3, 0.4) is 0 Å². The van der Waals surface area contributed by atoms with E-state index in [1.807, 2.05) is 12.1 Å². The molecular formula is C15H26N4O. The molecule has 20 heavy (non-hydrogen) atoms. The normalized spacial score (nSPS) is 12.3. The monoisotopic (exact) mass is 278 g/mol. The minimum Gasteiger partial charge on any atom is -0.409 e. The highest BCUT2D eigenvalue weighted by Crippen LogP contribution is 2.14. The number of nitrogens with two attached hydrogens (primary N) is 1. The lowest BCUT2D eigenvalue weighted by atomic mass is 10.0. The highest BCUT2D eigenvalue weighted by Gasteiger charge is 2.14. The number of hydrogen-bond donors (Lipinski definition) is 2. The fourth-order valence-corrected chi connectivity index (χ4v) is 2.30. The van der Waals surface area contributed by atoms with Crippen molar-refractivity contribution in [2.24, 2.45) is 16.8 Å². The lowest BCUT2D eigenvalue weighted by Gasteiger charge is -2.25. The van der Waals surface area contributed by atoms with E-state index in [2.05, 4.69) is 35.8 Å². The van der Waals surface area contributed by atoms with Gasteiger partial charge in [-0.25, -0.2) is 0 Å². The molecule has 1 aromatic heterocycles. The third kappa shape index (κ3) is 4.49. The predicted molar refractivity (Wildman–Crippen MR) is 81.8 cm³/mol. The molecule has 0 bridgehead atoms. The third-order valence-electron chi connectivity index (χ3n) is 3.75. The first-order chi connectivity index (χ1) is 9.65. The second-order valence-corrected chi connectivity index (χ2v) is 5.01. The van der Waals surface area contributed by atoms with Gasteiger partial charge in [-0.2, -0.15) is 0 Å². The predicted octanol–water partition coefficient (Wildman–Crippen LogP) is 2.43. The molecule has 0 amide bonds. The summed E-state index contributed by atoms with van der Waals surface area (Å²) in [6.07, 6.45) is 4.04. The summed E-state index contributed by atoms with van der Waals surface area (Å²) in [5, 5.41) is 11.9. The van der Waals surface area contributed by atoms with Gasteiger partial charge in [0.25, 0.3) is 0 Å². The summed E-state index contributed by atoms with van der Waals surface area (Å²) in [6, 6.07) is 3.87. The Balaban J connectivity index is 2.85. The van der Waals surface area contributed by atoms with Crippen LogP contribution in [-0.2, 0) is 6.54 Å². The molecule has 112 valence electrons. The van der Waals surface area contributed by atoms with Gasteiger partial charge in [0.05, 0.1) is 0 Å². The zero-order valence-corrected chi connectivity index (χ0v) is 12.7. The van der Waals surface area contributed by atoms with Crippen LogP contribution in [0.5, 0.6) is 0 Å². The van der Waals surface area contributed by atoms with Gasteiger partial charge in [0.2, 0.25) is 0 Å². The summed E-state index contributed by atoms with van der Waals surface area (Å²) >= 11 is 0. The maximum absolute atomic E-state index is 8.83. The standard InChI is InChI=1S/C15H26N4O/c1-4-12(5-2)10-19(6-3)11-13-8-7-9-17-14(13)15(16)18-20/h7-9,12,20H,4-6,10-11H2,1-3H3,(H2,16,18). The Hall–Kier alpha value is -1.62. The Morgan fingerprint density at radius 1 is 1.40 bits per heavy atom. The molecule has 5 heteroatoms. The van der Waals surface area contributed by atoms with Crippen LogP contribution >= 0.6 is 0 Å². The summed E-state index contributed by atoms with van der Waals surface area (Å²) in [6.45, 7) is 9.42. The zero-order valence-electron chi connectivity index (χ0n) is 12.7. The van der Waals surface area contributed by atoms with Crippen LogP contribution in [0.25, 0.3) is 0 Å². The van der Waals surface area contributed by atoms with Crippen molar-refractivity contribution in [1.82, 2.24) is 9.88 Å². The molecule has 0 aliphatic carbocycles. The molecule has 0 aliphatic rings. The highest BCUT2D eigenvalue weighted by atomic mass is 16.4. The SMILES string of the molecule is CCC(CC)CN(CC)Cc1cccnc1C(N)=NO. The second-order valence-electron chi connectivity index (χ2n) is 5.01. The van der Waals surface area contributed by atoms with Crippen molar-refractivity contribution in [1.29, 1.82) is 0 Å². The maximum Gasteiger partial charge on any atom is 0.189 e. The fourth-order valence-electron chi connectivity index (χ4n) is 2.30. The van der Waals surface area contributed by atoms with Gasteiger partial charge in [-0.15, -0.1) is 0 Å². The van der Waals surface area contributed by atoms with Crippen molar-refractivity contribution in [2.45, 2.75) is 40.2 Å². The van der Waals surface area contributed by atoms with Gasteiger partial charge in [-0.3, -0.25) is 9.88 Å². The van der Waals surface area contributed by atoms with Gasteiger partial charge in [0, 0.05) is 19.3 Å². The molecule has 0 saturated heterocycles. The average Bonchev–Trinajstić information content (AvgIpc) is 2.51. The molecule has 3 N–H and O–H groups in total. The summed E-state index contributed by atoms with van der Waals surface area (Å²) in [5.74, 6) is 0.776. The van der Waals surface area contributed by atoms with Crippen molar-refractivity contribution in [2.75, 3.05) is 13.1 Å². The van der Waals surface area contributed by atoms with Crippen LogP contribution in [0.1, 0.15) is 44.9 Å². The molecule has 1 aromatic rings. The van der Waals surface area contributed by atoms with Crippen LogP contribution in [0.4, 0.5) is 0 Å². The minimum atomic E-state index is 0.0687. The number of oxime groups is 1. The van der Waals surface area contributed by atoms with Crippen LogP contribution < -0.4 is 5.73 Å². The molecule has 0 fully saturated rings. The Kier molecular flexibility index (Phi) is 7.01. The summed E-state index contributed by atoms with van der Waals surface area (Å²) < 4.78 is 0. The largest absolute Gasteiger partial charge is 0.409 e. The van der Waals surface area contributed by atoms with E-state index in [4.69, 9.17) is 10.9 Å². The molecular weight excluding hydrogens is 252 g/mol. The lowest BCUT2D eigenvalue weighted by Crippen LogP contribution is -2.30. The maximum atomic E-state index is 8.83. The van der Waals surface area contributed by atoms with E-state index >= 15 is 0 Å². The number of amidine groups is 1. The van der Waals surface area contributed by atoms with Gasteiger partial charge in [-0.1, -0.05) is 44.8 Å². The van der Waals surface area contributed by atoms with Crippen molar-refractivity contribution in [3.05, 3.63) is 29.6 Å². The molecule has 1 rings (SSSR count). The molecule has 0 atom stereocenters. The first kappa shape index (κ1) is 16.4. The number of pyridine rings is 1. The fraction of sp³-hybridized carbons (Fsp3) is 0.600. The second kappa shape index (κ2) is 8.53. The summed E-state index contributed by atoms with van der Waals surface area (Å²) in [5.41, 5.74) is 7.25. The van der Waals surface area contributed by atoms with E-state index in [0.717, 1.165) is 25.2 Å². The zero-order chi connectivity index (χ0) is 15.0. The van der Waals surface area contributed by atoms with Crippen molar-refractivity contribution in [3.63, 3.8) is 0 Å². The Bertz CT molecular complexity index is 430. The third-order valence-corrected chi connectivity index (χ3v) is 3.75. The number of nitrogens with zero attached hydrogens (tertiary/aromatic N) is 3. The number of aromatic nitrogens is 1. The first-order valence-corrected chi connectivity index (χ1v) is 7.30. The molecule has 0 spiro atoms. The van der Waals surface area contributed by atoms with E-state index in [1.165, 1.54) is 12.8 Å². The quantitative estimate of drug-likeness (QED) is 0.331. The molecule has 0 aromatic carbocycles. The Labute approximate surface area is 121 Å². The van der Waals surface area contributed by atoms with E-state index in [9.17, 15) is 0 Å². The smallest absolute Gasteiger partial charge is 0.189 e. The van der Waals surface area contributed by atoms with E-state index in [-0.39, 0.29) is 5.84 Å². The molecule has 1 heterocycles. The van der Waals surface area contributed by atoms with Crippen LogP contribution in [0.2, 0.25) is 0 Å². The van der Waals surface area contributed by atoms with E-state index in [1.54, 1.807) is 6.20 Å². The van der Waals surface area contributed by atoms with Crippen molar-refractivity contribution < 1.29 is 5.21 Å². The molecule has 0 saturated carbocycles. The van der Waals surface area contributed by atoms with Crippen LogP contribution in [0, 0.1) is 5.92 Å². The van der Waals surface area contributed by atoms with E-state index in [0.29, 0.717) is 11.6 Å². The van der Waals surface area contributed by atoms with Crippen molar-refractivity contribution >= 4 is 5.84 Å². The highest BCUT2D eigenvalue weighted by molar-refractivity contribution is 5.96. The molecule has 0 radical (unpaired) electrons. The van der Waals surface area contributed by atoms with Crippen molar-refractivity contribution in [3.8, 4) is 0 Å². The van der Waals surface area contributed by atoms with Gasteiger partial charge in [0.1, 0.15) is 5.69 Å². The average molecular weight is 278 g/mol. The molecule has 0 unspecified atom stereocenters. The van der Waals surface area contributed by atoms with Crippen LogP contribution in [0.15, 0.2) is 23.5 Å². The van der Waals surface area contributed by atoms with Gasteiger partial charge < -0.3 is 10.9 Å². The topological polar surface area (TPSA) is 74.7 Å². The van der Waals surface area contributed by atoms with Crippen LogP contribution in [-0.4, -0.2) is 34.0 Å². The van der Waals surface area contributed by atoms with Gasteiger partial charge >= 0.3 is 0 Å². The first-order valence-electron chi connectivity index (χ1n) is 7.30. The molecule has 5 nitrogen and oxygen atoms in total. The van der Waals surface area contributed by atoms with E-state index < -0.39 is 0 Å².